The van der Waals surface area contributed by atoms with Gasteiger partial charge >= 0.3 is 0 Å². The summed E-state index contributed by atoms with van der Waals surface area (Å²) < 4.78 is 5.38. The fraction of sp³-hybridized carbons (Fsp3) is 0.294. The van der Waals surface area contributed by atoms with E-state index in [1.165, 1.54) is 11.1 Å². The predicted molar refractivity (Wildman–Crippen MR) is 79.4 cm³/mol. The molecule has 2 aromatic carbocycles. The van der Waals surface area contributed by atoms with Crippen LogP contribution in [-0.4, -0.2) is 13.2 Å². The quantitative estimate of drug-likeness (QED) is 0.854. The van der Waals surface area contributed by atoms with Gasteiger partial charge in [-0.3, -0.25) is 0 Å². The zero-order valence-corrected chi connectivity index (χ0v) is 11.6. The maximum Gasteiger partial charge on any atom is 0.122 e. The van der Waals surface area contributed by atoms with E-state index in [2.05, 4.69) is 48.6 Å². The van der Waals surface area contributed by atoms with E-state index in [-0.39, 0.29) is 0 Å². The SMILES string of the molecule is COc1ccccc1C[C@H](C)NCc1ccccc1. The van der Waals surface area contributed by atoms with Crippen molar-refractivity contribution in [2.75, 3.05) is 7.11 Å². The fourth-order valence-electron chi connectivity index (χ4n) is 2.16. The molecule has 0 aliphatic rings. The zero-order chi connectivity index (χ0) is 13.5. The van der Waals surface area contributed by atoms with E-state index in [0.717, 1.165) is 18.7 Å². The maximum absolute atomic E-state index is 5.38. The lowest BCUT2D eigenvalue weighted by Gasteiger charge is -2.16. The number of ether oxygens (including phenoxy) is 1. The summed E-state index contributed by atoms with van der Waals surface area (Å²) in [5, 5.41) is 3.54. The highest BCUT2D eigenvalue weighted by molar-refractivity contribution is 5.33. The zero-order valence-electron chi connectivity index (χ0n) is 11.6. The fourth-order valence-corrected chi connectivity index (χ4v) is 2.16. The molecular formula is C17H21NO. The van der Waals surface area contributed by atoms with E-state index < -0.39 is 0 Å². The van der Waals surface area contributed by atoms with Gasteiger partial charge in [0.25, 0.3) is 0 Å². The van der Waals surface area contributed by atoms with Gasteiger partial charge in [0, 0.05) is 12.6 Å². The number of methoxy groups -OCH3 is 1. The molecule has 0 aliphatic heterocycles. The topological polar surface area (TPSA) is 21.3 Å². The van der Waals surface area contributed by atoms with Crippen LogP contribution in [0.3, 0.4) is 0 Å². The van der Waals surface area contributed by atoms with Gasteiger partial charge in [-0.2, -0.15) is 0 Å². The van der Waals surface area contributed by atoms with Crippen LogP contribution in [0.4, 0.5) is 0 Å². The van der Waals surface area contributed by atoms with Gasteiger partial charge in [0.1, 0.15) is 5.75 Å². The summed E-state index contributed by atoms with van der Waals surface area (Å²) in [5.74, 6) is 0.968. The Labute approximate surface area is 115 Å². The summed E-state index contributed by atoms with van der Waals surface area (Å²) in [6, 6.07) is 19.1. The second-order valence-corrected chi connectivity index (χ2v) is 4.78. The minimum absolute atomic E-state index is 0.413. The Kier molecular flexibility index (Phi) is 4.99. The highest BCUT2D eigenvalue weighted by Gasteiger charge is 2.07. The molecule has 2 nitrogen and oxygen atoms in total. The van der Waals surface area contributed by atoms with E-state index in [4.69, 9.17) is 4.74 Å². The van der Waals surface area contributed by atoms with Gasteiger partial charge in [0.15, 0.2) is 0 Å². The van der Waals surface area contributed by atoms with E-state index in [1.807, 2.05) is 18.2 Å². The van der Waals surface area contributed by atoms with E-state index in [1.54, 1.807) is 7.11 Å². The lowest BCUT2D eigenvalue weighted by Crippen LogP contribution is -2.27. The van der Waals surface area contributed by atoms with Crippen LogP contribution >= 0.6 is 0 Å². The standard InChI is InChI=1S/C17H21NO/c1-14(18-13-15-8-4-3-5-9-15)12-16-10-6-7-11-17(16)19-2/h3-11,14,18H,12-13H2,1-2H3/t14-/m0/s1. The van der Waals surface area contributed by atoms with Crippen LogP contribution < -0.4 is 10.1 Å². The van der Waals surface area contributed by atoms with Crippen molar-refractivity contribution in [1.82, 2.24) is 5.32 Å². The molecule has 0 fully saturated rings. The van der Waals surface area contributed by atoms with Crippen molar-refractivity contribution >= 4 is 0 Å². The van der Waals surface area contributed by atoms with Gasteiger partial charge in [0.05, 0.1) is 7.11 Å². The molecule has 2 heteroatoms. The first-order chi connectivity index (χ1) is 9.29. The monoisotopic (exact) mass is 255 g/mol. The Balaban J connectivity index is 1.89. The van der Waals surface area contributed by atoms with Crippen molar-refractivity contribution in [3.05, 3.63) is 65.7 Å². The maximum atomic E-state index is 5.38. The number of nitrogens with one attached hydrogen (secondary N) is 1. The van der Waals surface area contributed by atoms with Gasteiger partial charge in [-0.25, -0.2) is 0 Å². The molecule has 1 atom stereocenters. The van der Waals surface area contributed by atoms with Gasteiger partial charge < -0.3 is 10.1 Å². The molecule has 0 saturated heterocycles. The molecule has 0 heterocycles. The molecule has 0 amide bonds. The normalized spacial score (nSPS) is 12.1. The number of para-hydroxylation sites is 1. The molecular weight excluding hydrogens is 234 g/mol. The molecule has 0 saturated carbocycles. The van der Waals surface area contributed by atoms with Crippen LogP contribution in [0.2, 0.25) is 0 Å². The summed E-state index contributed by atoms with van der Waals surface area (Å²) in [7, 11) is 1.72. The molecule has 0 spiro atoms. The molecule has 0 aromatic heterocycles. The van der Waals surface area contributed by atoms with Gasteiger partial charge in [0.2, 0.25) is 0 Å². The molecule has 0 radical (unpaired) electrons. The number of hydrogen-bond acceptors (Lipinski definition) is 2. The van der Waals surface area contributed by atoms with Crippen molar-refractivity contribution in [3.8, 4) is 5.75 Å². The van der Waals surface area contributed by atoms with Crippen LogP contribution in [0, 0.1) is 0 Å². The van der Waals surface area contributed by atoms with Crippen molar-refractivity contribution in [1.29, 1.82) is 0 Å². The molecule has 2 aromatic rings. The Bertz CT molecular complexity index is 496. The molecule has 100 valence electrons. The average molecular weight is 255 g/mol. The Morgan fingerprint density at radius 2 is 1.68 bits per heavy atom. The highest BCUT2D eigenvalue weighted by Crippen LogP contribution is 2.18. The summed E-state index contributed by atoms with van der Waals surface area (Å²) >= 11 is 0. The lowest BCUT2D eigenvalue weighted by atomic mass is 10.1. The first-order valence-electron chi connectivity index (χ1n) is 6.69. The number of hydrogen-bond donors (Lipinski definition) is 1. The Morgan fingerprint density at radius 3 is 2.42 bits per heavy atom. The van der Waals surface area contributed by atoms with Crippen LogP contribution in [0.1, 0.15) is 18.1 Å². The first kappa shape index (κ1) is 13.6. The third kappa shape index (κ3) is 4.11. The summed E-state index contributed by atoms with van der Waals surface area (Å²) in [4.78, 5) is 0. The van der Waals surface area contributed by atoms with Crippen LogP contribution in [0.5, 0.6) is 5.75 Å². The summed E-state index contributed by atoms with van der Waals surface area (Å²) in [6.45, 7) is 3.10. The van der Waals surface area contributed by atoms with Crippen molar-refractivity contribution in [2.45, 2.75) is 25.9 Å². The van der Waals surface area contributed by atoms with Crippen LogP contribution in [0.25, 0.3) is 0 Å². The van der Waals surface area contributed by atoms with E-state index in [0.29, 0.717) is 6.04 Å². The Hall–Kier alpha value is -1.80. The minimum atomic E-state index is 0.413. The number of benzene rings is 2. The molecule has 2 rings (SSSR count). The van der Waals surface area contributed by atoms with Gasteiger partial charge in [-0.1, -0.05) is 48.5 Å². The lowest BCUT2D eigenvalue weighted by molar-refractivity contribution is 0.406. The van der Waals surface area contributed by atoms with Gasteiger partial charge in [-0.05, 0) is 30.5 Å². The molecule has 0 bridgehead atoms. The predicted octanol–water partition coefficient (Wildman–Crippen LogP) is 3.42. The van der Waals surface area contributed by atoms with E-state index >= 15 is 0 Å². The van der Waals surface area contributed by atoms with Crippen molar-refractivity contribution in [3.63, 3.8) is 0 Å². The second kappa shape index (κ2) is 6.95. The van der Waals surface area contributed by atoms with Crippen LogP contribution in [-0.2, 0) is 13.0 Å². The second-order valence-electron chi connectivity index (χ2n) is 4.78. The largest absolute Gasteiger partial charge is 0.496 e. The van der Waals surface area contributed by atoms with Crippen molar-refractivity contribution < 1.29 is 4.74 Å². The first-order valence-corrected chi connectivity index (χ1v) is 6.69. The average Bonchev–Trinajstić information content (AvgIpc) is 2.47. The number of rotatable bonds is 6. The van der Waals surface area contributed by atoms with Crippen LogP contribution in [0.15, 0.2) is 54.6 Å². The molecule has 19 heavy (non-hydrogen) atoms. The Morgan fingerprint density at radius 1 is 1.00 bits per heavy atom. The molecule has 1 N–H and O–H groups in total. The molecule has 0 aliphatic carbocycles. The molecule has 0 unspecified atom stereocenters. The highest BCUT2D eigenvalue weighted by atomic mass is 16.5. The summed E-state index contributed by atoms with van der Waals surface area (Å²) in [6.07, 6.45) is 0.969. The minimum Gasteiger partial charge on any atom is -0.496 e. The van der Waals surface area contributed by atoms with Gasteiger partial charge in [-0.15, -0.1) is 0 Å². The third-order valence-corrected chi connectivity index (χ3v) is 3.22. The summed E-state index contributed by atoms with van der Waals surface area (Å²) in [5.41, 5.74) is 2.56. The van der Waals surface area contributed by atoms with E-state index in [9.17, 15) is 0 Å². The van der Waals surface area contributed by atoms with Crippen molar-refractivity contribution in [2.24, 2.45) is 0 Å². The smallest absolute Gasteiger partial charge is 0.122 e. The third-order valence-electron chi connectivity index (χ3n) is 3.22.